The van der Waals surface area contributed by atoms with Crippen LogP contribution in [0.5, 0.6) is 0 Å². The van der Waals surface area contributed by atoms with Gasteiger partial charge in [-0.05, 0) is 37.1 Å². The molecular weight excluding hydrogens is 371 g/mol. The summed E-state index contributed by atoms with van der Waals surface area (Å²) in [5.74, 6) is 0.933. The fourth-order valence-electron chi connectivity index (χ4n) is 3.40. The van der Waals surface area contributed by atoms with Gasteiger partial charge in [-0.3, -0.25) is 4.79 Å². The zero-order valence-electron chi connectivity index (χ0n) is 14.1. The number of carbonyl (C=O) groups excluding carboxylic acids is 1. The number of pyridine rings is 1. The summed E-state index contributed by atoms with van der Waals surface area (Å²) in [5.41, 5.74) is 3.01. The number of rotatable bonds is 3. The van der Waals surface area contributed by atoms with Crippen molar-refractivity contribution in [3.05, 3.63) is 40.6 Å². The second-order valence-corrected chi connectivity index (χ2v) is 7.36. The molecule has 0 atom stereocenters. The zero-order valence-corrected chi connectivity index (χ0v) is 15.6. The van der Waals surface area contributed by atoms with Crippen LogP contribution < -0.4 is 5.32 Å². The van der Waals surface area contributed by atoms with Crippen molar-refractivity contribution in [1.82, 2.24) is 15.0 Å². The highest BCUT2D eigenvalue weighted by Gasteiger charge is 2.21. The molecule has 0 aliphatic heterocycles. The van der Waals surface area contributed by atoms with Crippen LogP contribution in [0.3, 0.4) is 0 Å². The first kappa shape index (κ1) is 17.3. The Kier molecular flexibility index (Phi) is 4.83. The lowest BCUT2D eigenvalue weighted by atomic mass is 9.88. The summed E-state index contributed by atoms with van der Waals surface area (Å²) < 4.78 is 0. The van der Waals surface area contributed by atoms with Crippen LogP contribution in [-0.2, 0) is 4.79 Å². The molecule has 1 amide bonds. The van der Waals surface area contributed by atoms with Crippen molar-refractivity contribution in [2.45, 2.75) is 32.1 Å². The molecule has 0 bridgehead atoms. The predicted octanol–water partition coefficient (Wildman–Crippen LogP) is 5.45. The fraction of sp³-hybridized carbons (Fsp3) is 0.316. The van der Waals surface area contributed by atoms with Crippen LogP contribution in [0.15, 0.2) is 30.3 Å². The number of fused-ring (bicyclic) bond motifs is 1. The Morgan fingerprint density at radius 3 is 2.54 bits per heavy atom. The van der Waals surface area contributed by atoms with Crippen LogP contribution in [0.2, 0.25) is 10.3 Å². The average molecular weight is 389 g/mol. The maximum atomic E-state index is 12.3. The van der Waals surface area contributed by atoms with Gasteiger partial charge >= 0.3 is 0 Å². The van der Waals surface area contributed by atoms with Gasteiger partial charge in [0.1, 0.15) is 16.5 Å². The second kappa shape index (κ2) is 7.25. The van der Waals surface area contributed by atoms with Gasteiger partial charge in [-0.25, -0.2) is 9.97 Å². The van der Waals surface area contributed by atoms with Crippen molar-refractivity contribution in [2.24, 2.45) is 5.92 Å². The van der Waals surface area contributed by atoms with E-state index in [0.29, 0.717) is 27.2 Å². The van der Waals surface area contributed by atoms with Gasteiger partial charge in [-0.2, -0.15) is 0 Å². The topological polar surface area (TPSA) is 70.7 Å². The molecule has 2 N–H and O–H groups in total. The van der Waals surface area contributed by atoms with E-state index < -0.39 is 0 Å². The van der Waals surface area contributed by atoms with Crippen molar-refractivity contribution < 1.29 is 4.79 Å². The smallest absolute Gasteiger partial charge is 0.227 e. The number of carbonyl (C=O) groups is 1. The summed E-state index contributed by atoms with van der Waals surface area (Å²) >= 11 is 12.0. The highest BCUT2D eigenvalue weighted by molar-refractivity contribution is 6.36. The Morgan fingerprint density at radius 2 is 1.81 bits per heavy atom. The van der Waals surface area contributed by atoms with E-state index >= 15 is 0 Å². The molecule has 26 heavy (non-hydrogen) atoms. The van der Waals surface area contributed by atoms with Gasteiger partial charge < -0.3 is 10.3 Å². The van der Waals surface area contributed by atoms with Gasteiger partial charge in [-0.1, -0.05) is 42.5 Å². The molecule has 1 aliphatic carbocycles. The molecule has 2 aromatic heterocycles. The highest BCUT2D eigenvalue weighted by atomic mass is 35.5. The minimum Gasteiger partial charge on any atom is -0.335 e. The Labute approximate surface area is 161 Å². The van der Waals surface area contributed by atoms with Crippen LogP contribution in [0.1, 0.15) is 32.1 Å². The number of benzene rings is 1. The van der Waals surface area contributed by atoms with Crippen LogP contribution in [-0.4, -0.2) is 20.9 Å². The van der Waals surface area contributed by atoms with Crippen molar-refractivity contribution >= 4 is 45.8 Å². The quantitative estimate of drug-likeness (QED) is 0.585. The lowest BCUT2D eigenvalue weighted by Crippen LogP contribution is -2.24. The number of nitrogens with one attached hydrogen (secondary N) is 2. The minimum absolute atomic E-state index is 0.119. The largest absolute Gasteiger partial charge is 0.335 e. The summed E-state index contributed by atoms with van der Waals surface area (Å²) in [4.78, 5) is 24.0. The SMILES string of the molecule is O=C(Nc1ccc(-c2nc3cc(Cl)nc(Cl)c3[nH]2)cc1)C1CCCCC1. The molecule has 7 heteroatoms. The molecule has 134 valence electrons. The van der Waals surface area contributed by atoms with Crippen LogP contribution in [0, 0.1) is 5.92 Å². The van der Waals surface area contributed by atoms with Gasteiger partial charge in [-0.15, -0.1) is 0 Å². The number of H-pyrrole nitrogens is 1. The van der Waals surface area contributed by atoms with Gasteiger partial charge in [0.05, 0.1) is 5.52 Å². The molecule has 1 saturated carbocycles. The minimum atomic E-state index is 0.119. The molecule has 0 saturated heterocycles. The fourth-order valence-corrected chi connectivity index (χ4v) is 3.87. The van der Waals surface area contributed by atoms with E-state index in [1.54, 1.807) is 6.07 Å². The number of halogens is 2. The Hall–Kier alpha value is -2.11. The molecule has 2 heterocycles. The van der Waals surface area contributed by atoms with Crippen molar-refractivity contribution in [3.8, 4) is 11.4 Å². The van der Waals surface area contributed by atoms with Crippen molar-refractivity contribution in [3.63, 3.8) is 0 Å². The third kappa shape index (κ3) is 3.55. The highest BCUT2D eigenvalue weighted by Crippen LogP contribution is 2.28. The van der Waals surface area contributed by atoms with E-state index in [4.69, 9.17) is 23.2 Å². The summed E-state index contributed by atoms with van der Waals surface area (Å²) in [6.45, 7) is 0. The average Bonchev–Trinajstić information content (AvgIpc) is 3.07. The van der Waals surface area contributed by atoms with E-state index in [9.17, 15) is 4.79 Å². The number of aromatic amines is 1. The monoisotopic (exact) mass is 388 g/mol. The lowest BCUT2D eigenvalue weighted by molar-refractivity contribution is -0.120. The Bertz CT molecular complexity index is 946. The molecule has 1 aliphatic rings. The van der Waals surface area contributed by atoms with Crippen molar-refractivity contribution in [2.75, 3.05) is 5.32 Å². The zero-order chi connectivity index (χ0) is 18.1. The molecular formula is C19H18Cl2N4O. The number of amides is 1. The third-order valence-corrected chi connectivity index (χ3v) is 5.27. The molecule has 1 aromatic carbocycles. The van der Waals surface area contributed by atoms with Crippen LogP contribution >= 0.6 is 23.2 Å². The molecule has 4 rings (SSSR count). The van der Waals surface area contributed by atoms with Gasteiger partial charge in [0.2, 0.25) is 5.91 Å². The molecule has 1 fully saturated rings. The van der Waals surface area contributed by atoms with Crippen LogP contribution in [0.25, 0.3) is 22.4 Å². The summed E-state index contributed by atoms with van der Waals surface area (Å²) in [6.07, 6.45) is 5.50. The maximum Gasteiger partial charge on any atom is 0.227 e. The number of nitrogens with zero attached hydrogens (tertiary/aromatic N) is 2. The van der Waals surface area contributed by atoms with Gasteiger partial charge in [0.15, 0.2) is 5.15 Å². The lowest BCUT2D eigenvalue weighted by Gasteiger charge is -2.20. The summed E-state index contributed by atoms with van der Waals surface area (Å²) in [7, 11) is 0. The first-order valence-corrected chi connectivity index (χ1v) is 9.49. The standard InChI is InChI=1S/C19H18Cl2N4O/c20-15-10-14-16(17(21)24-15)25-18(23-14)11-6-8-13(9-7-11)22-19(26)12-4-2-1-3-5-12/h6-10,12H,1-5H2,(H,22,26)(H,23,25). The Balaban J connectivity index is 1.52. The second-order valence-electron chi connectivity index (χ2n) is 6.62. The van der Waals surface area contributed by atoms with Crippen LogP contribution in [0.4, 0.5) is 5.69 Å². The van der Waals surface area contributed by atoms with E-state index in [2.05, 4.69) is 20.3 Å². The first-order valence-electron chi connectivity index (χ1n) is 8.73. The first-order chi connectivity index (χ1) is 12.6. The molecule has 5 nitrogen and oxygen atoms in total. The van der Waals surface area contributed by atoms with E-state index in [1.807, 2.05) is 24.3 Å². The molecule has 0 spiro atoms. The van der Waals surface area contributed by atoms with E-state index in [0.717, 1.165) is 36.9 Å². The predicted molar refractivity (Wildman–Crippen MR) is 105 cm³/mol. The van der Waals surface area contributed by atoms with E-state index in [-0.39, 0.29) is 11.8 Å². The van der Waals surface area contributed by atoms with Gasteiger partial charge in [0, 0.05) is 23.2 Å². The number of anilines is 1. The molecule has 0 radical (unpaired) electrons. The number of hydrogen-bond acceptors (Lipinski definition) is 3. The van der Waals surface area contributed by atoms with E-state index in [1.165, 1.54) is 6.42 Å². The summed E-state index contributed by atoms with van der Waals surface area (Å²) in [6, 6.07) is 9.27. The van der Waals surface area contributed by atoms with Crippen molar-refractivity contribution in [1.29, 1.82) is 0 Å². The number of aromatic nitrogens is 3. The van der Waals surface area contributed by atoms with Gasteiger partial charge in [0.25, 0.3) is 0 Å². The molecule has 0 unspecified atom stereocenters. The molecule has 3 aromatic rings. The maximum absolute atomic E-state index is 12.3. The number of imidazole rings is 1. The number of hydrogen-bond donors (Lipinski definition) is 2. The normalized spacial score (nSPS) is 15.3. The third-order valence-electron chi connectivity index (χ3n) is 4.80. The summed E-state index contributed by atoms with van der Waals surface area (Å²) in [5, 5.41) is 3.62. The Morgan fingerprint density at radius 1 is 1.08 bits per heavy atom.